The molecule has 0 bridgehead atoms. The van der Waals surface area contributed by atoms with E-state index in [1.165, 1.54) is 4.88 Å². The van der Waals surface area contributed by atoms with Crippen molar-refractivity contribution in [2.75, 3.05) is 0 Å². The van der Waals surface area contributed by atoms with Crippen LogP contribution in [-0.2, 0) is 13.0 Å². The Bertz CT molecular complexity index is 644. The Morgan fingerprint density at radius 2 is 2.00 bits per heavy atom. The van der Waals surface area contributed by atoms with E-state index in [0.29, 0.717) is 24.7 Å². The summed E-state index contributed by atoms with van der Waals surface area (Å²) in [7, 11) is 0. The lowest BCUT2D eigenvalue weighted by atomic mass is 10.1. The van der Waals surface area contributed by atoms with Crippen LogP contribution in [0.2, 0.25) is 0 Å². The third kappa shape index (κ3) is 2.72. The van der Waals surface area contributed by atoms with Crippen LogP contribution < -0.4 is 5.73 Å². The van der Waals surface area contributed by atoms with Gasteiger partial charge in [0.25, 0.3) is 5.89 Å². The fraction of sp³-hybridized carbons (Fsp3) is 0.143. The molecule has 1 aromatic carbocycles. The van der Waals surface area contributed by atoms with Crippen molar-refractivity contribution in [1.29, 1.82) is 0 Å². The molecule has 19 heavy (non-hydrogen) atoms. The lowest BCUT2D eigenvalue weighted by Gasteiger charge is -1.97. The van der Waals surface area contributed by atoms with Gasteiger partial charge in [0.05, 0.1) is 0 Å². The number of aromatic nitrogens is 2. The van der Waals surface area contributed by atoms with Crippen molar-refractivity contribution >= 4 is 11.3 Å². The summed E-state index contributed by atoms with van der Waals surface area (Å²) in [5.74, 6) is 1.26. The highest BCUT2D eigenvalue weighted by Crippen LogP contribution is 2.19. The molecule has 4 nitrogen and oxygen atoms in total. The van der Waals surface area contributed by atoms with Gasteiger partial charge in [-0.1, -0.05) is 23.4 Å². The van der Waals surface area contributed by atoms with Gasteiger partial charge in [0.1, 0.15) is 0 Å². The molecule has 0 aliphatic heterocycles. The average molecular weight is 271 g/mol. The van der Waals surface area contributed by atoms with Crippen LogP contribution in [-0.4, -0.2) is 10.1 Å². The number of hydrogen-bond donors (Lipinski definition) is 1. The predicted octanol–water partition coefficient (Wildman–Crippen LogP) is 2.85. The normalized spacial score (nSPS) is 10.8. The molecular weight excluding hydrogens is 258 g/mol. The summed E-state index contributed by atoms with van der Waals surface area (Å²) >= 11 is 1.69. The summed E-state index contributed by atoms with van der Waals surface area (Å²) in [5.41, 5.74) is 7.57. The monoisotopic (exact) mass is 271 g/mol. The smallest absolute Gasteiger partial charge is 0.257 e. The van der Waals surface area contributed by atoms with E-state index in [4.69, 9.17) is 10.3 Å². The molecule has 0 saturated carbocycles. The van der Waals surface area contributed by atoms with Crippen molar-refractivity contribution in [3.63, 3.8) is 0 Å². The first-order valence-electron chi connectivity index (χ1n) is 5.99. The molecule has 3 rings (SSSR count). The molecule has 0 radical (unpaired) electrons. The van der Waals surface area contributed by atoms with E-state index < -0.39 is 0 Å². The highest BCUT2D eigenvalue weighted by Gasteiger charge is 2.09. The van der Waals surface area contributed by atoms with Crippen LogP contribution in [0.3, 0.4) is 0 Å². The predicted molar refractivity (Wildman–Crippen MR) is 74.8 cm³/mol. The summed E-state index contributed by atoms with van der Waals surface area (Å²) < 4.78 is 5.29. The largest absolute Gasteiger partial charge is 0.334 e. The SMILES string of the molecule is NCc1ccc(-c2nc(Cc3cccs3)no2)cc1. The van der Waals surface area contributed by atoms with E-state index in [-0.39, 0.29) is 0 Å². The molecule has 0 unspecified atom stereocenters. The quantitative estimate of drug-likeness (QED) is 0.792. The Hall–Kier alpha value is -1.98. The van der Waals surface area contributed by atoms with Gasteiger partial charge in [-0.3, -0.25) is 0 Å². The minimum Gasteiger partial charge on any atom is -0.334 e. The summed E-state index contributed by atoms with van der Waals surface area (Å²) in [5, 5.41) is 6.05. The van der Waals surface area contributed by atoms with Gasteiger partial charge < -0.3 is 10.3 Å². The van der Waals surface area contributed by atoms with Crippen LogP contribution in [0.5, 0.6) is 0 Å². The Balaban J connectivity index is 1.80. The summed E-state index contributed by atoms with van der Waals surface area (Å²) in [4.78, 5) is 5.64. The van der Waals surface area contributed by atoms with E-state index in [9.17, 15) is 0 Å². The van der Waals surface area contributed by atoms with Crippen LogP contribution in [0.1, 0.15) is 16.3 Å². The number of rotatable bonds is 4. The Kier molecular flexibility index (Phi) is 3.39. The minimum absolute atomic E-state index is 0.535. The fourth-order valence-electron chi connectivity index (χ4n) is 1.80. The second-order valence-corrected chi connectivity index (χ2v) is 5.21. The third-order valence-electron chi connectivity index (χ3n) is 2.82. The maximum atomic E-state index is 5.57. The van der Waals surface area contributed by atoms with Gasteiger partial charge in [-0.15, -0.1) is 11.3 Å². The first-order valence-corrected chi connectivity index (χ1v) is 6.87. The molecule has 2 heterocycles. The summed E-state index contributed by atoms with van der Waals surface area (Å²) in [6, 6.07) is 11.9. The highest BCUT2D eigenvalue weighted by atomic mass is 32.1. The van der Waals surface area contributed by atoms with Crippen molar-refractivity contribution in [3.05, 3.63) is 58.0 Å². The maximum absolute atomic E-state index is 5.57. The van der Waals surface area contributed by atoms with Crippen molar-refractivity contribution in [1.82, 2.24) is 10.1 Å². The molecular formula is C14H13N3OS. The van der Waals surface area contributed by atoms with Crippen LogP contribution >= 0.6 is 11.3 Å². The molecule has 3 aromatic rings. The van der Waals surface area contributed by atoms with Crippen LogP contribution in [0.15, 0.2) is 46.3 Å². The lowest BCUT2D eigenvalue weighted by molar-refractivity contribution is 0.424. The lowest BCUT2D eigenvalue weighted by Crippen LogP contribution is -1.95. The fourth-order valence-corrected chi connectivity index (χ4v) is 2.50. The standard InChI is InChI=1S/C14H13N3OS/c15-9-10-3-5-11(6-4-10)14-16-13(17-18-14)8-12-2-1-7-19-12/h1-7H,8-9,15H2. The first kappa shape index (κ1) is 12.1. The number of thiophene rings is 1. The number of nitrogens with zero attached hydrogens (tertiary/aromatic N) is 2. The zero-order chi connectivity index (χ0) is 13.1. The Labute approximate surface area is 114 Å². The molecule has 0 amide bonds. The van der Waals surface area contributed by atoms with Crippen LogP contribution in [0, 0.1) is 0 Å². The molecule has 96 valence electrons. The van der Waals surface area contributed by atoms with E-state index in [0.717, 1.165) is 11.1 Å². The molecule has 2 aromatic heterocycles. The van der Waals surface area contributed by atoms with E-state index in [1.54, 1.807) is 11.3 Å². The highest BCUT2D eigenvalue weighted by molar-refractivity contribution is 7.09. The summed E-state index contributed by atoms with van der Waals surface area (Å²) in [6.45, 7) is 0.535. The van der Waals surface area contributed by atoms with Gasteiger partial charge in [-0.25, -0.2) is 0 Å². The van der Waals surface area contributed by atoms with Crippen molar-refractivity contribution < 1.29 is 4.52 Å². The van der Waals surface area contributed by atoms with E-state index >= 15 is 0 Å². The second kappa shape index (κ2) is 5.34. The Morgan fingerprint density at radius 1 is 1.16 bits per heavy atom. The van der Waals surface area contributed by atoms with Gasteiger partial charge in [0.15, 0.2) is 5.82 Å². The number of nitrogens with two attached hydrogens (primary N) is 1. The van der Waals surface area contributed by atoms with Gasteiger partial charge in [-0.05, 0) is 29.1 Å². The second-order valence-electron chi connectivity index (χ2n) is 4.17. The molecule has 0 atom stereocenters. The van der Waals surface area contributed by atoms with Gasteiger partial charge in [0.2, 0.25) is 0 Å². The molecule has 5 heteroatoms. The third-order valence-corrected chi connectivity index (χ3v) is 3.69. The van der Waals surface area contributed by atoms with Crippen molar-refractivity contribution in [2.45, 2.75) is 13.0 Å². The molecule has 0 aliphatic rings. The van der Waals surface area contributed by atoms with Gasteiger partial charge in [0, 0.05) is 23.4 Å². The molecule has 0 aliphatic carbocycles. The Morgan fingerprint density at radius 3 is 2.68 bits per heavy atom. The average Bonchev–Trinajstić information content (AvgIpc) is 3.11. The minimum atomic E-state index is 0.535. The van der Waals surface area contributed by atoms with Gasteiger partial charge in [-0.2, -0.15) is 4.98 Å². The topological polar surface area (TPSA) is 64.9 Å². The zero-order valence-electron chi connectivity index (χ0n) is 10.2. The van der Waals surface area contributed by atoms with Crippen molar-refractivity contribution in [2.24, 2.45) is 5.73 Å². The van der Waals surface area contributed by atoms with E-state index in [2.05, 4.69) is 16.2 Å². The number of benzene rings is 1. The number of hydrogen-bond acceptors (Lipinski definition) is 5. The molecule has 2 N–H and O–H groups in total. The maximum Gasteiger partial charge on any atom is 0.257 e. The molecule has 0 saturated heterocycles. The zero-order valence-corrected chi connectivity index (χ0v) is 11.1. The summed E-state index contributed by atoms with van der Waals surface area (Å²) in [6.07, 6.45) is 0.710. The van der Waals surface area contributed by atoms with Gasteiger partial charge >= 0.3 is 0 Å². The van der Waals surface area contributed by atoms with E-state index in [1.807, 2.05) is 35.7 Å². The first-order chi connectivity index (χ1) is 9.35. The van der Waals surface area contributed by atoms with Crippen LogP contribution in [0.4, 0.5) is 0 Å². The molecule has 0 fully saturated rings. The molecule has 0 spiro atoms. The van der Waals surface area contributed by atoms with Crippen molar-refractivity contribution in [3.8, 4) is 11.5 Å². The van der Waals surface area contributed by atoms with Crippen LogP contribution in [0.25, 0.3) is 11.5 Å².